The molecule has 0 bridgehead atoms. The van der Waals surface area contributed by atoms with Crippen molar-refractivity contribution in [1.82, 2.24) is 25.2 Å². The van der Waals surface area contributed by atoms with Crippen molar-refractivity contribution >= 4 is 11.8 Å². The van der Waals surface area contributed by atoms with Crippen LogP contribution in [-0.2, 0) is 0 Å². The Kier molecular flexibility index (Phi) is 4.49. The highest BCUT2D eigenvalue weighted by Crippen LogP contribution is 2.35. The van der Waals surface area contributed by atoms with Crippen LogP contribution in [0.4, 0.5) is 4.39 Å². The molecule has 0 saturated heterocycles. The molecule has 2 heterocycles. The van der Waals surface area contributed by atoms with Gasteiger partial charge in [-0.25, -0.2) is 9.37 Å². The zero-order valence-corrected chi connectivity index (χ0v) is 14.6. The van der Waals surface area contributed by atoms with E-state index >= 15 is 0 Å². The number of oxazole rings is 1. The summed E-state index contributed by atoms with van der Waals surface area (Å²) in [6, 6.07) is 15.8. The van der Waals surface area contributed by atoms with Crippen LogP contribution in [0.3, 0.4) is 0 Å². The average molecular weight is 367 g/mol. The zero-order chi connectivity index (χ0) is 17.9. The predicted octanol–water partition coefficient (Wildman–Crippen LogP) is 4.31. The number of hydrogen-bond donors (Lipinski definition) is 0. The summed E-state index contributed by atoms with van der Waals surface area (Å²) < 4.78 is 20.5. The van der Waals surface area contributed by atoms with Gasteiger partial charge in [0.05, 0.1) is 17.1 Å². The Morgan fingerprint density at radius 3 is 2.62 bits per heavy atom. The molecular weight excluding hydrogens is 353 g/mol. The van der Waals surface area contributed by atoms with Gasteiger partial charge in [0.2, 0.25) is 0 Å². The topological polar surface area (TPSA) is 69.6 Å². The largest absolute Gasteiger partial charge is 0.431 e. The van der Waals surface area contributed by atoms with Crippen molar-refractivity contribution < 1.29 is 8.81 Å². The van der Waals surface area contributed by atoms with Gasteiger partial charge < -0.3 is 4.42 Å². The number of hydrogen-bond acceptors (Lipinski definition) is 6. The van der Waals surface area contributed by atoms with Crippen LogP contribution in [0.1, 0.15) is 18.0 Å². The fourth-order valence-electron chi connectivity index (χ4n) is 2.46. The van der Waals surface area contributed by atoms with Crippen molar-refractivity contribution in [2.24, 2.45) is 0 Å². The Balaban J connectivity index is 1.54. The van der Waals surface area contributed by atoms with Gasteiger partial charge in [0.25, 0.3) is 5.22 Å². The third-order valence-electron chi connectivity index (χ3n) is 3.75. The molecule has 2 aromatic heterocycles. The minimum absolute atomic E-state index is 0.0788. The number of thioether (sulfide) groups is 1. The van der Waals surface area contributed by atoms with E-state index in [0.717, 1.165) is 11.3 Å². The van der Waals surface area contributed by atoms with Crippen LogP contribution >= 0.6 is 11.8 Å². The van der Waals surface area contributed by atoms with E-state index in [1.165, 1.54) is 23.9 Å². The first kappa shape index (κ1) is 16.5. The Morgan fingerprint density at radius 2 is 1.85 bits per heavy atom. The summed E-state index contributed by atoms with van der Waals surface area (Å²) in [5, 5.41) is 12.4. The molecule has 8 heteroatoms. The number of aromatic nitrogens is 5. The fourth-order valence-corrected chi connectivity index (χ4v) is 3.27. The zero-order valence-electron chi connectivity index (χ0n) is 13.8. The lowest BCUT2D eigenvalue weighted by atomic mass is 10.2. The maximum absolute atomic E-state index is 13.0. The van der Waals surface area contributed by atoms with Crippen LogP contribution in [0.2, 0.25) is 0 Å². The molecule has 2 aromatic carbocycles. The maximum atomic E-state index is 13.0. The monoisotopic (exact) mass is 367 g/mol. The van der Waals surface area contributed by atoms with Crippen LogP contribution in [0.25, 0.3) is 17.0 Å². The molecule has 4 aromatic rings. The van der Waals surface area contributed by atoms with Crippen molar-refractivity contribution in [2.45, 2.75) is 17.4 Å². The molecule has 0 spiro atoms. The van der Waals surface area contributed by atoms with Crippen LogP contribution in [0.15, 0.2) is 70.4 Å². The molecule has 0 saturated carbocycles. The Morgan fingerprint density at radius 1 is 1.08 bits per heavy atom. The van der Waals surface area contributed by atoms with Crippen LogP contribution in [0.5, 0.6) is 0 Å². The van der Waals surface area contributed by atoms with E-state index in [0.29, 0.717) is 16.8 Å². The number of halogens is 1. The second-order valence-corrected chi connectivity index (χ2v) is 6.83. The Bertz CT molecular complexity index is 1000. The average Bonchev–Trinajstić information content (AvgIpc) is 3.32. The predicted molar refractivity (Wildman–Crippen MR) is 95.3 cm³/mol. The van der Waals surface area contributed by atoms with E-state index in [9.17, 15) is 4.39 Å². The van der Waals surface area contributed by atoms with Gasteiger partial charge in [-0.3, -0.25) is 0 Å². The standard InChI is InChI=1S/C18H14FN5OS/c1-12(17-21-22-23-24(17)15-5-3-2-4-6-15)26-18-20-11-16(25-18)13-7-9-14(19)10-8-13/h2-12H,1H3. The van der Waals surface area contributed by atoms with E-state index in [2.05, 4.69) is 20.5 Å². The molecule has 0 aliphatic heterocycles. The lowest BCUT2D eigenvalue weighted by Gasteiger charge is -2.09. The van der Waals surface area contributed by atoms with E-state index in [1.54, 1.807) is 23.0 Å². The summed E-state index contributed by atoms with van der Waals surface area (Å²) in [7, 11) is 0. The Hall–Kier alpha value is -3.00. The first-order valence-corrected chi connectivity index (χ1v) is 8.81. The summed E-state index contributed by atoms with van der Waals surface area (Å²) in [5.41, 5.74) is 1.66. The lowest BCUT2D eigenvalue weighted by Crippen LogP contribution is -2.04. The van der Waals surface area contributed by atoms with Crippen LogP contribution in [-0.4, -0.2) is 25.2 Å². The molecule has 0 fully saturated rings. The van der Waals surface area contributed by atoms with Crippen molar-refractivity contribution in [2.75, 3.05) is 0 Å². The molecule has 0 N–H and O–H groups in total. The quantitative estimate of drug-likeness (QED) is 0.490. The van der Waals surface area contributed by atoms with Crippen LogP contribution < -0.4 is 0 Å². The van der Waals surface area contributed by atoms with Crippen molar-refractivity contribution in [3.8, 4) is 17.0 Å². The maximum Gasteiger partial charge on any atom is 0.256 e. The van der Waals surface area contributed by atoms with Crippen molar-refractivity contribution in [1.29, 1.82) is 0 Å². The van der Waals surface area contributed by atoms with Crippen molar-refractivity contribution in [3.05, 3.63) is 72.4 Å². The van der Waals surface area contributed by atoms with E-state index in [-0.39, 0.29) is 11.1 Å². The third kappa shape index (κ3) is 3.36. The minimum atomic E-state index is -0.288. The first-order valence-electron chi connectivity index (χ1n) is 7.93. The normalized spacial score (nSPS) is 12.2. The molecule has 0 aliphatic carbocycles. The first-order chi connectivity index (χ1) is 12.7. The van der Waals surface area contributed by atoms with Gasteiger partial charge >= 0.3 is 0 Å². The van der Waals surface area contributed by atoms with Crippen molar-refractivity contribution in [3.63, 3.8) is 0 Å². The summed E-state index contributed by atoms with van der Waals surface area (Å²) in [5.74, 6) is 0.995. The molecule has 0 aliphatic rings. The van der Waals surface area contributed by atoms with Crippen LogP contribution in [0, 0.1) is 5.82 Å². The number of benzene rings is 2. The van der Waals surface area contributed by atoms with Gasteiger partial charge in [0, 0.05) is 5.56 Å². The highest BCUT2D eigenvalue weighted by Gasteiger charge is 2.19. The molecule has 6 nitrogen and oxygen atoms in total. The van der Waals surface area contributed by atoms with Gasteiger partial charge in [-0.15, -0.1) is 5.10 Å². The third-order valence-corrected chi connectivity index (χ3v) is 4.70. The summed E-state index contributed by atoms with van der Waals surface area (Å²) in [6.45, 7) is 1.98. The van der Waals surface area contributed by atoms with E-state index in [1.807, 2.05) is 37.3 Å². The molecular formula is C18H14FN5OS. The van der Waals surface area contributed by atoms with Gasteiger partial charge in [-0.1, -0.05) is 30.0 Å². The molecule has 1 unspecified atom stereocenters. The van der Waals surface area contributed by atoms with E-state index in [4.69, 9.17) is 4.42 Å². The second kappa shape index (κ2) is 7.09. The summed E-state index contributed by atoms with van der Waals surface area (Å²) >= 11 is 1.41. The van der Waals surface area contributed by atoms with Gasteiger partial charge in [0.1, 0.15) is 5.82 Å². The van der Waals surface area contributed by atoms with E-state index < -0.39 is 0 Å². The molecule has 4 rings (SSSR count). The number of tetrazole rings is 1. The number of para-hydroxylation sites is 1. The molecule has 130 valence electrons. The van der Waals surface area contributed by atoms with Gasteiger partial charge in [0.15, 0.2) is 11.6 Å². The molecule has 1 atom stereocenters. The second-order valence-electron chi connectivity index (χ2n) is 5.54. The highest BCUT2D eigenvalue weighted by atomic mass is 32.2. The van der Waals surface area contributed by atoms with Gasteiger partial charge in [-0.2, -0.15) is 4.68 Å². The highest BCUT2D eigenvalue weighted by molar-refractivity contribution is 7.99. The summed E-state index contributed by atoms with van der Waals surface area (Å²) in [6.07, 6.45) is 1.63. The fraction of sp³-hybridized carbons (Fsp3) is 0.111. The number of rotatable bonds is 5. The molecule has 26 heavy (non-hydrogen) atoms. The SMILES string of the molecule is CC(Sc1ncc(-c2ccc(F)cc2)o1)c1nnnn1-c1ccccc1. The van der Waals surface area contributed by atoms with Gasteiger partial charge in [-0.05, 0) is 53.7 Å². The summed E-state index contributed by atoms with van der Waals surface area (Å²) in [4.78, 5) is 4.29. The minimum Gasteiger partial charge on any atom is -0.431 e. The smallest absolute Gasteiger partial charge is 0.256 e. The lowest BCUT2D eigenvalue weighted by molar-refractivity contribution is 0.465. The number of nitrogens with zero attached hydrogens (tertiary/aromatic N) is 5. The molecule has 0 amide bonds. The molecule has 0 radical (unpaired) electrons. The Labute approximate surface area is 153 Å².